The molecule has 0 spiro atoms. The molecule has 0 saturated carbocycles. The fraction of sp³-hybridized carbons (Fsp3) is 0.300. The Kier molecular flexibility index (Phi) is 4.68. The zero-order valence-corrected chi connectivity index (χ0v) is 10.6. The van der Waals surface area contributed by atoms with Crippen molar-refractivity contribution in [3.63, 3.8) is 0 Å². The predicted octanol–water partition coefficient (Wildman–Crippen LogP) is 3.07. The average molecular weight is 325 g/mol. The van der Waals surface area contributed by atoms with E-state index in [0.29, 0.717) is 16.1 Å². The first kappa shape index (κ1) is 11.8. The first-order valence-electron chi connectivity index (χ1n) is 4.10. The fourth-order valence-electron chi connectivity index (χ4n) is 1.11. The minimum absolute atomic E-state index is 0.244. The summed E-state index contributed by atoms with van der Waals surface area (Å²) in [6.45, 7) is 1.89. The van der Waals surface area contributed by atoms with Crippen molar-refractivity contribution in [1.82, 2.24) is 0 Å². The highest BCUT2D eigenvalue weighted by atomic mass is 127. The number of halogens is 2. The SMILES string of the molecule is Cc1cccc(CCl)c1OC(=O)CI. The Hall–Kier alpha value is -0.290. The molecule has 2 nitrogen and oxygen atoms in total. The first-order chi connectivity index (χ1) is 6.69. The molecule has 0 radical (unpaired) electrons. The number of para-hydroxylation sites is 1. The van der Waals surface area contributed by atoms with Gasteiger partial charge in [-0.25, -0.2) is 0 Å². The number of aryl methyl sites for hydroxylation is 1. The van der Waals surface area contributed by atoms with E-state index in [1.54, 1.807) is 0 Å². The largest absolute Gasteiger partial charge is 0.425 e. The number of alkyl halides is 2. The van der Waals surface area contributed by atoms with E-state index in [1.807, 2.05) is 47.7 Å². The number of carbonyl (C=O) groups is 1. The van der Waals surface area contributed by atoms with Crippen LogP contribution in [-0.4, -0.2) is 10.4 Å². The van der Waals surface area contributed by atoms with Crippen LogP contribution in [0.15, 0.2) is 18.2 Å². The van der Waals surface area contributed by atoms with Crippen molar-refractivity contribution in [3.8, 4) is 5.75 Å². The van der Waals surface area contributed by atoms with Gasteiger partial charge in [0.1, 0.15) is 5.75 Å². The Labute approximate surface area is 102 Å². The molecule has 1 aromatic rings. The average Bonchev–Trinajstić information content (AvgIpc) is 2.20. The molecule has 4 heteroatoms. The Bertz CT molecular complexity index is 339. The standard InChI is InChI=1S/C10H10ClIO2/c1-7-3-2-4-8(5-11)10(7)14-9(13)6-12/h2-4H,5-6H2,1H3. The first-order valence-corrected chi connectivity index (χ1v) is 6.16. The Morgan fingerprint density at radius 2 is 2.29 bits per heavy atom. The number of carbonyl (C=O) groups excluding carboxylic acids is 1. The van der Waals surface area contributed by atoms with Crippen LogP contribution in [0.5, 0.6) is 5.75 Å². The van der Waals surface area contributed by atoms with E-state index in [-0.39, 0.29) is 5.97 Å². The monoisotopic (exact) mass is 324 g/mol. The van der Waals surface area contributed by atoms with Crippen LogP contribution in [0.4, 0.5) is 0 Å². The molecular weight excluding hydrogens is 314 g/mol. The van der Waals surface area contributed by atoms with E-state index in [0.717, 1.165) is 11.1 Å². The van der Waals surface area contributed by atoms with Gasteiger partial charge >= 0.3 is 5.97 Å². The third-order valence-electron chi connectivity index (χ3n) is 1.76. The molecule has 0 N–H and O–H groups in total. The molecule has 0 bridgehead atoms. The lowest BCUT2D eigenvalue weighted by Gasteiger charge is -2.09. The van der Waals surface area contributed by atoms with Crippen molar-refractivity contribution >= 4 is 40.2 Å². The van der Waals surface area contributed by atoms with Gasteiger partial charge in [-0.05, 0) is 12.5 Å². The molecule has 0 unspecified atom stereocenters. The summed E-state index contributed by atoms with van der Waals surface area (Å²) in [4.78, 5) is 11.1. The van der Waals surface area contributed by atoms with Crippen LogP contribution in [-0.2, 0) is 10.7 Å². The van der Waals surface area contributed by atoms with E-state index >= 15 is 0 Å². The smallest absolute Gasteiger partial charge is 0.321 e. The number of hydrogen-bond acceptors (Lipinski definition) is 2. The van der Waals surface area contributed by atoms with Crippen molar-refractivity contribution < 1.29 is 9.53 Å². The van der Waals surface area contributed by atoms with Crippen LogP contribution in [0, 0.1) is 6.92 Å². The third kappa shape index (κ3) is 2.85. The minimum Gasteiger partial charge on any atom is -0.425 e. The molecule has 0 aliphatic carbocycles. The van der Waals surface area contributed by atoms with Gasteiger partial charge in [-0.3, -0.25) is 4.79 Å². The van der Waals surface area contributed by atoms with Crippen molar-refractivity contribution in [1.29, 1.82) is 0 Å². The summed E-state index contributed by atoms with van der Waals surface area (Å²) in [6.07, 6.45) is 0. The maximum absolute atomic E-state index is 11.1. The molecule has 76 valence electrons. The summed E-state index contributed by atoms with van der Waals surface area (Å²) in [5.74, 6) is 0.710. The molecule has 14 heavy (non-hydrogen) atoms. The second-order valence-electron chi connectivity index (χ2n) is 2.80. The lowest BCUT2D eigenvalue weighted by atomic mass is 10.1. The van der Waals surface area contributed by atoms with Gasteiger partial charge < -0.3 is 4.74 Å². The molecule has 0 aliphatic heterocycles. The second kappa shape index (κ2) is 5.56. The lowest BCUT2D eigenvalue weighted by Crippen LogP contribution is -2.10. The number of esters is 1. The summed E-state index contributed by atoms with van der Waals surface area (Å²) in [6, 6.07) is 5.65. The molecular formula is C10H10ClIO2. The molecule has 0 atom stereocenters. The fourth-order valence-corrected chi connectivity index (χ4v) is 1.47. The van der Waals surface area contributed by atoms with E-state index in [1.165, 1.54) is 0 Å². The number of hydrogen-bond donors (Lipinski definition) is 0. The van der Waals surface area contributed by atoms with Gasteiger partial charge in [-0.1, -0.05) is 40.8 Å². The topological polar surface area (TPSA) is 26.3 Å². The summed E-state index contributed by atoms with van der Waals surface area (Å²) in [5, 5.41) is 0. The van der Waals surface area contributed by atoms with Crippen molar-refractivity contribution in [2.75, 3.05) is 4.43 Å². The number of benzene rings is 1. The quantitative estimate of drug-likeness (QED) is 0.370. The predicted molar refractivity (Wildman–Crippen MR) is 65.3 cm³/mol. The van der Waals surface area contributed by atoms with E-state index < -0.39 is 0 Å². The van der Waals surface area contributed by atoms with E-state index in [4.69, 9.17) is 16.3 Å². The summed E-state index contributed by atoms with van der Waals surface area (Å²) in [7, 11) is 0. The van der Waals surface area contributed by atoms with Crippen molar-refractivity contribution in [2.45, 2.75) is 12.8 Å². The van der Waals surface area contributed by atoms with Crippen molar-refractivity contribution in [2.24, 2.45) is 0 Å². The Morgan fingerprint density at radius 3 is 2.86 bits per heavy atom. The van der Waals surface area contributed by atoms with Gasteiger partial charge in [0.25, 0.3) is 0 Å². The molecule has 0 saturated heterocycles. The van der Waals surface area contributed by atoms with Gasteiger partial charge in [-0.15, -0.1) is 11.6 Å². The van der Waals surface area contributed by atoms with Crippen LogP contribution >= 0.6 is 34.2 Å². The van der Waals surface area contributed by atoms with Gasteiger partial charge in [0.2, 0.25) is 0 Å². The summed E-state index contributed by atoms with van der Waals surface area (Å²) >= 11 is 7.71. The molecule has 0 aromatic heterocycles. The highest BCUT2D eigenvalue weighted by molar-refractivity contribution is 14.1. The van der Waals surface area contributed by atoms with Gasteiger partial charge in [-0.2, -0.15) is 0 Å². The maximum Gasteiger partial charge on any atom is 0.321 e. The molecule has 0 heterocycles. The second-order valence-corrected chi connectivity index (χ2v) is 3.83. The normalized spacial score (nSPS) is 9.93. The highest BCUT2D eigenvalue weighted by Gasteiger charge is 2.09. The summed E-state index contributed by atoms with van der Waals surface area (Å²) < 4.78 is 5.53. The molecule has 0 aliphatic rings. The summed E-state index contributed by atoms with van der Waals surface area (Å²) in [5.41, 5.74) is 1.78. The zero-order chi connectivity index (χ0) is 10.6. The van der Waals surface area contributed by atoms with Crippen LogP contribution in [0.3, 0.4) is 0 Å². The molecule has 1 rings (SSSR count). The zero-order valence-electron chi connectivity index (χ0n) is 7.72. The number of ether oxygens (including phenoxy) is 1. The maximum atomic E-state index is 11.1. The van der Waals surface area contributed by atoms with Gasteiger partial charge in [0.15, 0.2) is 0 Å². The highest BCUT2D eigenvalue weighted by Crippen LogP contribution is 2.25. The minimum atomic E-state index is -0.244. The third-order valence-corrected chi connectivity index (χ3v) is 2.67. The lowest BCUT2D eigenvalue weighted by molar-refractivity contribution is -0.131. The number of rotatable bonds is 3. The van der Waals surface area contributed by atoms with E-state index in [2.05, 4.69) is 0 Å². The van der Waals surface area contributed by atoms with Crippen LogP contribution < -0.4 is 4.74 Å². The van der Waals surface area contributed by atoms with Crippen LogP contribution in [0.1, 0.15) is 11.1 Å². The van der Waals surface area contributed by atoms with Gasteiger partial charge in [0, 0.05) is 5.56 Å². The van der Waals surface area contributed by atoms with Crippen LogP contribution in [0.25, 0.3) is 0 Å². The molecule has 0 amide bonds. The molecule has 1 aromatic carbocycles. The molecule has 0 fully saturated rings. The van der Waals surface area contributed by atoms with Gasteiger partial charge in [0.05, 0.1) is 10.3 Å². The van der Waals surface area contributed by atoms with E-state index in [9.17, 15) is 4.79 Å². The Balaban J connectivity index is 2.98. The van der Waals surface area contributed by atoms with Crippen molar-refractivity contribution in [3.05, 3.63) is 29.3 Å². The Morgan fingerprint density at radius 1 is 1.57 bits per heavy atom. The van der Waals surface area contributed by atoms with Crippen LogP contribution in [0.2, 0.25) is 0 Å².